The van der Waals surface area contributed by atoms with Crippen LogP contribution in [0.1, 0.15) is 69.8 Å². The van der Waals surface area contributed by atoms with Crippen molar-refractivity contribution in [2.24, 2.45) is 5.92 Å². The summed E-state index contributed by atoms with van der Waals surface area (Å²) in [5.41, 5.74) is -0.820. The SMILES string of the molecule is Cl.O=C(OC1CCN(C2CCCCC2)C1)C(O)(c1ccccc1)C1CCCC1. The van der Waals surface area contributed by atoms with Gasteiger partial charge in [-0.1, -0.05) is 62.4 Å². The van der Waals surface area contributed by atoms with Gasteiger partial charge in [-0.05, 0) is 37.7 Å². The van der Waals surface area contributed by atoms with Gasteiger partial charge in [-0.3, -0.25) is 4.90 Å². The lowest BCUT2D eigenvalue weighted by molar-refractivity contribution is -0.179. The van der Waals surface area contributed by atoms with Crippen LogP contribution in [0.3, 0.4) is 0 Å². The molecule has 1 aliphatic heterocycles. The molecule has 0 amide bonds. The van der Waals surface area contributed by atoms with Crippen molar-refractivity contribution >= 4 is 18.4 Å². The summed E-state index contributed by atoms with van der Waals surface area (Å²) in [6, 6.07) is 10.1. The summed E-state index contributed by atoms with van der Waals surface area (Å²) in [7, 11) is 0. The average molecular weight is 408 g/mol. The van der Waals surface area contributed by atoms with E-state index in [9.17, 15) is 9.90 Å². The summed E-state index contributed by atoms with van der Waals surface area (Å²) < 4.78 is 5.93. The van der Waals surface area contributed by atoms with Gasteiger partial charge in [0.05, 0.1) is 0 Å². The molecule has 0 aromatic heterocycles. The van der Waals surface area contributed by atoms with Crippen LogP contribution in [-0.4, -0.2) is 41.2 Å². The highest BCUT2D eigenvalue weighted by Gasteiger charge is 2.49. The molecular weight excluding hydrogens is 374 g/mol. The first-order valence-electron chi connectivity index (χ1n) is 10.9. The Morgan fingerprint density at radius 3 is 2.29 bits per heavy atom. The second-order valence-corrected chi connectivity index (χ2v) is 8.72. The van der Waals surface area contributed by atoms with Crippen molar-refractivity contribution in [3.8, 4) is 0 Å². The van der Waals surface area contributed by atoms with Gasteiger partial charge < -0.3 is 9.84 Å². The van der Waals surface area contributed by atoms with E-state index in [1.807, 2.05) is 30.3 Å². The predicted molar refractivity (Wildman–Crippen MR) is 112 cm³/mol. The van der Waals surface area contributed by atoms with E-state index in [-0.39, 0.29) is 24.4 Å². The molecule has 3 fully saturated rings. The molecular formula is C23H34ClNO3. The number of hydrogen-bond acceptors (Lipinski definition) is 4. The molecule has 1 N–H and O–H groups in total. The molecule has 3 aliphatic rings. The molecule has 1 heterocycles. The minimum absolute atomic E-state index is 0. The zero-order valence-corrected chi connectivity index (χ0v) is 17.5. The first-order valence-corrected chi connectivity index (χ1v) is 10.9. The Morgan fingerprint density at radius 2 is 1.61 bits per heavy atom. The normalized spacial score (nSPS) is 26.5. The number of aliphatic hydroxyl groups is 1. The maximum atomic E-state index is 13.2. The van der Waals surface area contributed by atoms with Crippen molar-refractivity contribution in [1.29, 1.82) is 0 Å². The van der Waals surface area contributed by atoms with Crippen molar-refractivity contribution < 1.29 is 14.6 Å². The summed E-state index contributed by atoms with van der Waals surface area (Å²) in [6.45, 7) is 1.84. The van der Waals surface area contributed by atoms with Gasteiger partial charge in [0.2, 0.25) is 0 Å². The van der Waals surface area contributed by atoms with Crippen LogP contribution >= 0.6 is 12.4 Å². The Morgan fingerprint density at radius 1 is 0.964 bits per heavy atom. The molecule has 5 heteroatoms. The number of halogens is 1. The molecule has 4 nitrogen and oxygen atoms in total. The number of rotatable bonds is 5. The molecule has 2 atom stereocenters. The molecule has 1 saturated heterocycles. The fraction of sp³-hybridized carbons (Fsp3) is 0.696. The molecule has 0 bridgehead atoms. The van der Waals surface area contributed by atoms with Gasteiger partial charge in [0.1, 0.15) is 6.10 Å². The van der Waals surface area contributed by atoms with Gasteiger partial charge >= 0.3 is 5.97 Å². The van der Waals surface area contributed by atoms with Crippen LogP contribution < -0.4 is 0 Å². The molecule has 0 radical (unpaired) electrons. The van der Waals surface area contributed by atoms with Crippen LogP contribution in [0.2, 0.25) is 0 Å². The van der Waals surface area contributed by atoms with E-state index in [2.05, 4.69) is 4.90 Å². The number of esters is 1. The maximum Gasteiger partial charge on any atom is 0.343 e. The number of carbonyl (C=O) groups is 1. The number of likely N-dealkylation sites (tertiary alicyclic amines) is 1. The lowest BCUT2D eigenvalue weighted by atomic mass is 9.80. The van der Waals surface area contributed by atoms with Gasteiger partial charge in [-0.25, -0.2) is 4.79 Å². The monoisotopic (exact) mass is 407 g/mol. The number of nitrogens with zero attached hydrogens (tertiary/aromatic N) is 1. The Balaban J connectivity index is 0.00000225. The van der Waals surface area contributed by atoms with E-state index in [1.165, 1.54) is 32.1 Å². The fourth-order valence-electron chi connectivity index (χ4n) is 5.43. The number of hydrogen-bond donors (Lipinski definition) is 1. The number of benzene rings is 1. The summed E-state index contributed by atoms with van der Waals surface area (Å²) >= 11 is 0. The molecule has 1 aromatic rings. The van der Waals surface area contributed by atoms with E-state index in [0.29, 0.717) is 11.6 Å². The standard InChI is InChI=1S/C23H33NO3.ClH/c25-22(27-21-15-16-24(17-21)20-13-5-2-6-14-20)23(26,19-11-7-8-12-19)18-9-3-1-4-10-18;/h1,3-4,9-10,19-21,26H,2,5-8,11-17H2;1H. The van der Waals surface area contributed by atoms with Crippen molar-refractivity contribution in [3.05, 3.63) is 35.9 Å². The minimum atomic E-state index is -1.50. The van der Waals surface area contributed by atoms with E-state index in [0.717, 1.165) is 45.2 Å². The largest absolute Gasteiger partial charge is 0.459 e. The van der Waals surface area contributed by atoms with Crippen molar-refractivity contribution in [2.75, 3.05) is 13.1 Å². The van der Waals surface area contributed by atoms with E-state index >= 15 is 0 Å². The molecule has 0 spiro atoms. The van der Waals surface area contributed by atoms with E-state index < -0.39 is 11.6 Å². The topological polar surface area (TPSA) is 49.8 Å². The second kappa shape index (κ2) is 9.60. The van der Waals surface area contributed by atoms with Gasteiger partial charge in [-0.2, -0.15) is 0 Å². The quantitative estimate of drug-likeness (QED) is 0.733. The predicted octanol–water partition coefficient (Wildman–Crippen LogP) is 4.44. The first-order chi connectivity index (χ1) is 13.2. The summed E-state index contributed by atoms with van der Waals surface area (Å²) in [6.07, 6.45) is 11.3. The maximum absolute atomic E-state index is 13.2. The molecule has 2 aliphatic carbocycles. The number of ether oxygens (including phenoxy) is 1. The smallest absolute Gasteiger partial charge is 0.343 e. The summed E-state index contributed by atoms with van der Waals surface area (Å²) in [4.78, 5) is 15.7. The second-order valence-electron chi connectivity index (χ2n) is 8.72. The van der Waals surface area contributed by atoms with Crippen LogP contribution in [0, 0.1) is 5.92 Å². The molecule has 156 valence electrons. The third-order valence-corrected chi connectivity index (χ3v) is 7.01. The van der Waals surface area contributed by atoms with Crippen molar-refractivity contribution in [2.45, 2.75) is 82.0 Å². The van der Waals surface area contributed by atoms with E-state index in [1.54, 1.807) is 0 Å². The average Bonchev–Trinajstić information content (AvgIpc) is 3.41. The van der Waals surface area contributed by atoms with Crippen LogP contribution in [0.25, 0.3) is 0 Å². The zero-order chi connectivity index (χ0) is 18.7. The van der Waals surface area contributed by atoms with Gasteiger partial charge in [0.25, 0.3) is 0 Å². The molecule has 4 rings (SSSR count). The highest BCUT2D eigenvalue weighted by molar-refractivity contribution is 5.85. The Kier molecular flexibility index (Phi) is 7.41. The lowest BCUT2D eigenvalue weighted by Crippen LogP contribution is -2.45. The van der Waals surface area contributed by atoms with Crippen LogP contribution in [0.4, 0.5) is 0 Å². The van der Waals surface area contributed by atoms with Crippen molar-refractivity contribution in [3.63, 3.8) is 0 Å². The Hall–Kier alpha value is -1.10. The first kappa shape index (κ1) is 21.6. The summed E-state index contributed by atoms with van der Waals surface area (Å²) in [5, 5.41) is 11.5. The van der Waals surface area contributed by atoms with Gasteiger partial charge in [0, 0.05) is 25.0 Å². The van der Waals surface area contributed by atoms with Gasteiger partial charge in [0.15, 0.2) is 5.60 Å². The molecule has 1 aromatic carbocycles. The van der Waals surface area contributed by atoms with Crippen LogP contribution in [0.5, 0.6) is 0 Å². The third kappa shape index (κ3) is 4.39. The van der Waals surface area contributed by atoms with Crippen LogP contribution in [-0.2, 0) is 15.1 Å². The van der Waals surface area contributed by atoms with Crippen molar-refractivity contribution in [1.82, 2.24) is 4.90 Å². The lowest BCUT2D eigenvalue weighted by Gasteiger charge is -2.34. The molecule has 2 unspecified atom stereocenters. The Bertz CT molecular complexity index is 628. The zero-order valence-electron chi connectivity index (χ0n) is 16.7. The number of carbonyl (C=O) groups excluding carboxylic acids is 1. The highest BCUT2D eigenvalue weighted by atomic mass is 35.5. The highest BCUT2D eigenvalue weighted by Crippen LogP contribution is 2.42. The summed E-state index contributed by atoms with van der Waals surface area (Å²) in [5.74, 6) is -0.473. The molecule has 28 heavy (non-hydrogen) atoms. The molecule has 2 saturated carbocycles. The fourth-order valence-corrected chi connectivity index (χ4v) is 5.43. The van der Waals surface area contributed by atoms with Gasteiger partial charge in [-0.15, -0.1) is 12.4 Å². The minimum Gasteiger partial charge on any atom is -0.459 e. The van der Waals surface area contributed by atoms with Crippen LogP contribution in [0.15, 0.2) is 30.3 Å². The Labute approximate surface area is 175 Å². The van der Waals surface area contributed by atoms with E-state index in [4.69, 9.17) is 4.74 Å². The third-order valence-electron chi connectivity index (χ3n) is 7.01.